The molecule has 1 aliphatic rings. The van der Waals surface area contributed by atoms with Crippen LogP contribution in [0.1, 0.15) is 43.1 Å². The summed E-state index contributed by atoms with van der Waals surface area (Å²) in [6.45, 7) is 3.77. The number of ether oxygens (including phenoxy) is 1. The maximum atomic E-state index is 14.2. The van der Waals surface area contributed by atoms with Gasteiger partial charge in [-0.1, -0.05) is 6.92 Å². The molecule has 4 N–H and O–H groups in total. The third-order valence-corrected chi connectivity index (χ3v) is 5.27. The highest BCUT2D eigenvalue weighted by Crippen LogP contribution is 2.35. The van der Waals surface area contributed by atoms with E-state index in [4.69, 9.17) is 16.3 Å². The average Bonchev–Trinajstić information content (AvgIpc) is 2.78. The molecule has 0 spiro atoms. The Labute approximate surface area is 183 Å². The van der Waals surface area contributed by atoms with E-state index >= 15 is 0 Å². The second-order valence-corrected chi connectivity index (χ2v) is 7.35. The molecule has 0 aliphatic carbocycles. The Morgan fingerprint density at radius 1 is 1.16 bits per heavy atom. The van der Waals surface area contributed by atoms with E-state index in [1.807, 2.05) is 6.92 Å². The molecule has 0 fully saturated rings. The highest BCUT2D eigenvalue weighted by atomic mass is 19.1. The second kappa shape index (κ2) is 8.70. The molecule has 164 valence electrons. The number of aliphatic imine (C=N–C) groups is 1. The summed E-state index contributed by atoms with van der Waals surface area (Å²) in [6.07, 6.45) is 2.59. The zero-order valence-electron chi connectivity index (χ0n) is 17.6. The van der Waals surface area contributed by atoms with Gasteiger partial charge in [0.25, 0.3) is 0 Å². The Bertz CT molecular complexity index is 1240. The van der Waals surface area contributed by atoms with Gasteiger partial charge in [-0.05, 0) is 43.7 Å². The van der Waals surface area contributed by atoms with Crippen molar-refractivity contribution in [2.45, 2.75) is 32.9 Å². The summed E-state index contributed by atoms with van der Waals surface area (Å²) >= 11 is 0. The Morgan fingerprint density at radius 3 is 2.72 bits per heavy atom. The van der Waals surface area contributed by atoms with Gasteiger partial charge < -0.3 is 16.3 Å². The molecule has 9 heteroatoms. The Morgan fingerprint density at radius 2 is 1.97 bits per heavy atom. The van der Waals surface area contributed by atoms with E-state index in [1.54, 1.807) is 25.3 Å². The van der Waals surface area contributed by atoms with E-state index in [9.17, 15) is 8.78 Å². The van der Waals surface area contributed by atoms with Crippen molar-refractivity contribution in [3.8, 4) is 17.0 Å². The molecule has 1 unspecified atom stereocenters. The van der Waals surface area contributed by atoms with Crippen LogP contribution in [0.4, 0.5) is 14.6 Å². The molecule has 1 aliphatic heterocycles. The minimum atomic E-state index is -0.603. The number of fused-ring (bicyclic) bond motifs is 5. The van der Waals surface area contributed by atoms with Crippen LogP contribution in [0.25, 0.3) is 11.3 Å². The zero-order valence-corrected chi connectivity index (χ0v) is 17.6. The molecule has 2 aromatic heterocycles. The largest absolute Gasteiger partial charge is 0.482 e. The van der Waals surface area contributed by atoms with Crippen molar-refractivity contribution >= 4 is 17.2 Å². The lowest BCUT2D eigenvalue weighted by atomic mass is 9.96. The number of anilines is 1. The number of benzene rings is 1. The van der Waals surface area contributed by atoms with E-state index in [2.05, 4.69) is 20.1 Å². The summed E-state index contributed by atoms with van der Waals surface area (Å²) in [5.41, 5.74) is 9.84. The molecule has 0 amide bonds. The van der Waals surface area contributed by atoms with Crippen LogP contribution < -0.4 is 16.3 Å². The van der Waals surface area contributed by atoms with Crippen molar-refractivity contribution in [2.75, 3.05) is 5.73 Å². The first-order valence-corrected chi connectivity index (χ1v) is 10.1. The SMILES string of the molecule is CCC(=NN)C1=NCc2cc(F)cnc2-c2ccc(F)cc2C(C)Oc2cc1cnc2N. The number of aromatic nitrogens is 2. The fourth-order valence-electron chi connectivity index (χ4n) is 3.70. The van der Waals surface area contributed by atoms with Crippen molar-refractivity contribution < 1.29 is 13.5 Å². The summed E-state index contributed by atoms with van der Waals surface area (Å²) in [4.78, 5) is 13.2. The molecule has 2 bridgehead atoms. The molecular formula is C23H22F2N6O. The predicted molar refractivity (Wildman–Crippen MR) is 119 cm³/mol. The topological polar surface area (TPSA) is 112 Å². The quantitative estimate of drug-likeness (QED) is 0.356. The fraction of sp³-hybridized carbons (Fsp3) is 0.217. The number of hydrogen-bond donors (Lipinski definition) is 2. The number of hydrazone groups is 1. The third kappa shape index (κ3) is 4.01. The van der Waals surface area contributed by atoms with Crippen molar-refractivity contribution in [1.82, 2.24) is 9.97 Å². The van der Waals surface area contributed by atoms with Gasteiger partial charge >= 0.3 is 0 Å². The molecule has 4 rings (SSSR count). The summed E-state index contributed by atoms with van der Waals surface area (Å²) in [5.74, 6) is 5.17. The normalized spacial score (nSPS) is 16.1. The maximum absolute atomic E-state index is 14.2. The van der Waals surface area contributed by atoms with Gasteiger partial charge in [0.05, 0.1) is 29.9 Å². The van der Waals surface area contributed by atoms with Crippen LogP contribution >= 0.6 is 0 Å². The third-order valence-electron chi connectivity index (χ3n) is 5.27. The highest BCUT2D eigenvalue weighted by molar-refractivity contribution is 6.48. The summed E-state index contributed by atoms with van der Waals surface area (Å²) in [7, 11) is 0. The number of pyridine rings is 2. The Kier molecular flexibility index (Phi) is 5.81. The van der Waals surface area contributed by atoms with Gasteiger partial charge in [-0.3, -0.25) is 9.98 Å². The fourth-order valence-corrected chi connectivity index (χ4v) is 3.70. The van der Waals surface area contributed by atoms with Gasteiger partial charge in [0.2, 0.25) is 0 Å². The summed E-state index contributed by atoms with van der Waals surface area (Å²) in [6, 6.07) is 7.36. The van der Waals surface area contributed by atoms with Crippen LogP contribution in [-0.2, 0) is 6.54 Å². The van der Waals surface area contributed by atoms with Gasteiger partial charge in [0, 0.05) is 28.5 Å². The number of hydrogen-bond acceptors (Lipinski definition) is 7. The minimum Gasteiger partial charge on any atom is -0.482 e. The molecule has 0 radical (unpaired) electrons. The molecule has 3 aromatic rings. The van der Waals surface area contributed by atoms with E-state index in [1.165, 1.54) is 18.2 Å². The van der Waals surface area contributed by atoms with E-state index in [0.717, 1.165) is 6.20 Å². The van der Waals surface area contributed by atoms with E-state index in [-0.39, 0.29) is 12.4 Å². The lowest BCUT2D eigenvalue weighted by Gasteiger charge is -2.21. The second-order valence-electron chi connectivity index (χ2n) is 7.35. The zero-order chi connectivity index (χ0) is 22.8. The maximum Gasteiger partial charge on any atom is 0.166 e. The van der Waals surface area contributed by atoms with Crippen LogP contribution in [-0.4, -0.2) is 21.4 Å². The lowest BCUT2D eigenvalue weighted by molar-refractivity contribution is 0.227. The first kappa shape index (κ1) is 21.4. The molecule has 1 aromatic carbocycles. The van der Waals surface area contributed by atoms with Crippen molar-refractivity contribution in [2.24, 2.45) is 15.9 Å². The van der Waals surface area contributed by atoms with Crippen LogP contribution in [0.5, 0.6) is 5.75 Å². The van der Waals surface area contributed by atoms with Gasteiger partial charge in [0.1, 0.15) is 17.7 Å². The molecule has 3 heterocycles. The van der Waals surface area contributed by atoms with Crippen molar-refractivity contribution in [3.63, 3.8) is 0 Å². The highest BCUT2D eigenvalue weighted by Gasteiger charge is 2.22. The predicted octanol–water partition coefficient (Wildman–Crippen LogP) is 4.17. The van der Waals surface area contributed by atoms with Gasteiger partial charge in [-0.25, -0.2) is 13.8 Å². The van der Waals surface area contributed by atoms with Crippen molar-refractivity contribution in [1.29, 1.82) is 0 Å². The first-order valence-electron chi connectivity index (χ1n) is 10.1. The standard InChI is InChI=1S/C23H22F2N6O/c1-3-19(31-27)22-14-7-20(23(26)30-10-14)32-12(2)18-8-15(24)4-5-17(18)21-13(9-28-22)6-16(25)11-29-21/h4-8,10-12H,3,9,27H2,1-2H3,(H2,26,30). The molecule has 7 nitrogen and oxygen atoms in total. The molecule has 0 saturated carbocycles. The number of nitrogens with zero attached hydrogens (tertiary/aromatic N) is 4. The smallest absolute Gasteiger partial charge is 0.166 e. The van der Waals surface area contributed by atoms with E-state index in [0.29, 0.717) is 51.5 Å². The first-order chi connectivity index (χ1) is 15.4. The van der Waals surface area contributed by atoms with Crippen LogP contribution in [0.2, 0.25) is 0 Å². The van der Waals surface area contributed by atoms with Crippen LogP contribution in [0.15, 0.2) is 52.8 Å². The van der Waals surface area contributed by atoms with Gasteiger partial charge in [0.15, 0.2) is 11.6 Å². The Hall–Kier alpha value is -3.88. The lowest BCUT2D eigenvalue weighted by Crippen LogP contribution is -2.19. The number of nitrogens with two attached hydrogens (primary N) is 2. The van der Waals surface area contributed by atoms with Crippen LogP contribution in [0, 0.1) is 11.6 Å². The van der Waals surface area contributed by atoms with Gasteiger partial charge in [-0.2, -0.15) is 5.10 Å². The van der Waals surface area contributed by atoms with E-state index < -0.39 is 17.7 Å². The molecule has 32 heavy (non-hydrogen) atoms. The monoisotopic (exact) mass is 436 g/mol. The summed E-state index contributed by atoms with van der Waals surface area (Å²) < 4.78 is 34.4. The summed E-state index contributed by atoms with van der Waals surface area (Å²) in [5, 5.41) is 3.86. The molecule has 1 atom stereocenters. The molecular weight excluding hydrogens is 414 g/mol. The van der Waals surface area contributed by atoms with Gasteiger partial charge in [-0.15, -0.1) is 0 Å². The average molecular weight is 436 g/mol. The number of nitrogen functional groups attached to an aromatic ring is 1. The number of halogens is 2. The minimum absolute atomic E-state index is 0.0974. The molecule has 0 saturated heterocycles. The van der Waals surface area contributed by atoms with Crippen LogP contribution in [0.3, 0.4) is 0 Å². The van der Waals surface area contributed by atoms with Crippen molar-refractivity contribution in [3.05, 3.63) is 71.1 Å². The number of rotatable bonds is 2. The Balaban J connectivity index is 2.01.